The molecule has 11 heteroatoms. The molecule has 0 aliphatic heterocycles. The molecule has 0 radical (unpaired) electrons. The Hall–Kier alpha value is -1.85. The molecule has 0 spiro atoms. The highest BCUT2D eigenvalue weighted by Crippen LogP contribution is 2.20. The zero-order valence-electron chi connectivity index (χ0n) is 12.3. The highest BCUT2D eigenvalue weighted by Gasteiger charge is 2.06. The first-order valence-electron chi connectivity index (χ1n) is 6.73. The highest BCUT2D eigenvalue weighted by molar-refractivity contribution is 7.98. The van der Waals surface area contributed by atoms with Gasteiger partial charge in [0.05, 0.1) is 17.4 Å². The molecule has 0 bridgehead atoms. The zero-order chi connectivity index (χ0) is 16.5. The standard InChI is InChI=1S/C12H18N8S3/c1-2-3-15-9-10(20-23-19-9)16-4-5-21-6-8-7-22-12(17-8)18-11(13)14/h2,7H,1,3-6H2,(H,15,19)(H,16,20)(H4,13,14,17,18). The van der Waals surface area contributed by atoms with Crippen LogP contribution in [0.2, 0.25) is 0 Å². The molecule has 2 aromatic rings. The van der Waals surface area contributed by atoms with Gasteiger partial charge in [-0.3, -0.25) is 5.41 Å². The van der Waals surface area contributed by atoms with Gasteiger partial charge in [-0.2, -0.15) is 20.5 Å². The fourth-order valence-electron chi connectivity index (χ4n) is 1.55. The van der Waals surface area contributed by atoms with E-state index in [1.54, 1.807) is 17.8 Å². The van der Waals surface area contributed by atoms with Crippen molar-refractivity contribution in [3.63, 3.8) is 0 Å². The van der Waals surface area contributed by atoms with Gasteiger partial charge >= 0.3 is 0 Å². The maximum Gasteiger partial charge on any atom is 0.192 e. The van der Waals surface area contributed by atoms with Crippen molar-refractivity contribution < 1.29 is 0 Å². The number of nitrogens with two attached hydrogens (primary N) is 1. The van der Waals surface area contributed by atoms with E-state index >= 15 is 0 Å². The number of hydrogen-bond acceptors (Lipinski definition) is 9. The summed E-state index contributed by atoms with van der Waals surface area (Å²) in [7, 11) is 0. The number of nitrogens with zero attached hydrogens (tertiary/aromatic N) is 3. The number of nitrogens with one attached hydrogen (secondary N) is 4. The molecule has 0 saturated carbocycles. The summed E-state index contributed by atoms with van der Waals surface area (Å²) in [5.41, 5.74) is 6.25. The summed E-state index contributed by atoms with van der Waals surface area (Å²) in [6, 6.07) is 0. The largest absolute Gasteiger partial charge is 0.370 e. The van der Waals surface area contributed by atoms with Crippen LogP contribution in [-0.4, -0.2) is 38.5 Å². The minimum absolute atomic E-state index is 0.0968. The second-order valence-electron chi connectivity index (χ2n) is 4.29. The minimum atomic E-state index is -0.0968. The Morgan fingerprint density at radius 2 is 2.17 bits per heavy atom. The van der Waals surface area contributed by atoms with Gasteiger partial charge in [0.2, 0.25) is 0 Å². The molecule has 2 rings (SSSR count). The third kappa shape index (κ3) is 6.04. The van der Waals surface area contributed by atoms with Crippen LogP contribution >= 0.6 is 34.8 Å². The Morgan fingerprint density at radius 3 is 2.91 bits per heavy atom. The van der Waals surface area contributed by atoms with Crippen molar-refractivity contribution in [2.75, 3.05) is 34.8 Å². The van der Waals surface area contributed by atoms with Crippen LogP contribution in [0.5, 0.6) is 0 Å². The van der Waals surface area contributed by atoms with Gasteiger partial charge in [-0.1, -0.05) is 6.08 Å². The predicted octanol–water partition coefficient (Wildman–Crippen LogP) is 2.24. The summed E-state index contributed by atoms with van der Waals surface area (Å²) in [6.45, 7) is 5.12. The second-order valence-corrected chi connectivity index (χ2v) is 6.78. The molecule has 2 heterocycles. The summed E-state index contributed by atoms with van der Waals surface area (Å²) in [5, 5.41) is 18.9. The molecule has 0 aliphatic carbocycles. The maximum absolute atomic E-state index is 7.16. The average Bonchev–Trinajstić information content (AvgIpc) is 3.13. The van der Waals surface area contributed by atoms with E-state index < -0.39 is 0 Å². The first-order valence-corrected chi connectivity index (χ1v) is 9.50. The van der Waals surface area contributed by atoms with Crippen LogP contribution in [-0.2, 0) is 5.75 Å². The molecule has 23 heavy (non-hydrogen) atoms. The lowest BCUT2D eigenvalue weighted by Gasteiger charge is -2.05. The van der Waals surface area contributed by atoms with E-state index in [9.17, 15) is 0 Å². The number of thiazole rings is 1. The zero-order valence-corrected chi connectivity index (χ0v) is 14.8. The summed E-state index contributed by atoms with van der Waals surface area (Å²) in [4.78, 5) is 4.35. The number of hydrogen-bond donors (Lipinski definition) is 5. The number of guanidine groups is 1. The maximum atomic E-state index is 7.16. The molecule has 0 saturated heterocycles. The van der Waals surface area contributed by atoms with Gasteiger partial charge in [-0.25, -0.2) is 4.98 Å². The molecule has 2 aromatic heterocycles. The second kappa shape index (κ2) is 9.33. The number of anilines is 3. The van der Waals surface area contributed by atoms with Crippen molar-refractivity contribution >= 4 is 57.6 Å². The topological polar surface area (TPSA) is 125 Å². The Kier molecular flexibility index (Phi) is 7.10. The van der Waals surface area contributed by atoms with E-state index in [2.05, 4.69) is 36.3 Å². The minimum Gasteiger partial charge on any atom is -0.370 e. The SMILES string of the molecule is C=CCNc1nsnc1NCCSCc1csc(NC(=N)N)n1. The van der Waals surface area contributed by atoms with Crippen LogP contribution < -0.4 is 21.7 Å². The number of aromatic nitrogens is 3. The third-order valence-electron chi connectivity index (χ3n) is 2.48. The third-order valence-corrected chi connectivity index (χ3v) is 4.81. The Balaban J connectivity index is 1.66. The highest BCUT2D eigenvalue weighted by atomic mass is 32.2. The molecule has 0 aliphatic rings. The quantitative estimate of drug-likeness (QED) is 0.187. The molecule has 0 fully saturated rings. The van der Waals surface area contributed by atoms with Gasteiger partial charge in [0.15, 0.2) is 22.7 Å². The number of rotatable bonds is 10. The van der Waals surface area contributed by atoms with Gasteiger partial charge in [0.1, 0.15) is 0 Å². The molecule has 124 valence electrons. The first-order chi connectivity index (χ1) is 11.2. The lowest BCUT2D eigenvalue weighted by atomic mass is 10.5. The van der Waals surface area contributed by atoms with Gasteiger partial charge in [-0.15, -0.1) is 17.9 Å². The van der Waals surface area contributed by atoms with Crippen molar-refractivity contribution in [1.29, 1.82) is 5.41 Å². The van der Waals surface area contributed by atoms with Gasteiger partial charge < -0.3 is 21.7 Å². The van der Waals surface area contributed by atoms with Crippen molar-refractivity contribution in [2.24, 2.45) is 5.73 Å². The van der Waals surface area contributed by atoms with Crippen molar-refractivity contribution in [1.82, 2.24) is 13.7 Å². The average molecular weight is 371 g/mol. The number of thioether (sulfide) groups is 1. The Bertz CT molecular complexity index is 638. The lowest BCUT2D eigenvalue weighted by Crippen LogP contribution is -2.20. The summed E-state index contributed by atoms with van der Waals surface area (Å²) in [6.07, 6.45) is 1.78. The van der Waals surface area contributed by atoms with E-state index in [4.69, 9.17) is 11.1 Å². The van der Waals surface area contributed by atoms with Crippen molar-refractivity contribution in [3.8, 4) is 0 Å². The molecular weight excluding hydrogens is 352 g/mol. The van der Waals surface area contributed by atoms with Crippen LogP contribution in [0.3, 0.4) is 0 Å². The normalized spacial score (nSPS) is 10.3. The smallest absolute Gasteiger partial charge is 0.192 e. The van der Waals surface area contributed by atoms with Crippen LogP contribution in [0.1, 0.15) is 5.69 Å². The van der Waals surface area contributed by atoms with Crippen molar-refractivity contribution in [2.45, 2.75) is 5.75 Å². The fraction of sp³-hybridized carbons (Fsp3) is 0.333. The van der Waals surface area contributed by atoms with Gasteiger partial charge in [0.25, 0.3) is 0 Å². The predicted molar refractivity (Wildman–Crippen MR) is 101 cm³/mol. The molecule has 8 nitrogen and oxygen atoms in total. The van der Waals surface area contributed by atoms with Gasteiger partial charge in [-0.05, 0) is 0 Å². The van der Waals surface area contributed by atoms with E-state index in [1.165, 1.54) is 23.1 Å². The summed E-state index contributed by atoms with van der Waals surface area (Å²) >= 11 is 4.39. The molecule has 6 N–H and O–H groups in total. The van der Waals surface area contributed by atoms with Gasteiger partial charge in [0, 0.05) is 30.0 Å². The van der Waals surface area contributed by atoms with E-state index in [0.717, 1.165) is 35.4 Å². The van der Waals surface area contributed by atoms with Crippen LogP contribution in [0.25, 0.3) is 0 Å². The molecular formula is C12H18N8S3. The Morgan fingerprint density at radius 1 is 1.39 bits per heavy atom. The molecule has 0 atom stereocenters. The van der Waals surface area contributed by atoms with Crippen LogP contribution in [0.15, 0.2) is 18.0 Å². The summed E-state index contributed by atoms with van der Waals surface area (Å²) < 4.78 is 8.40. The van der Waals surface area contributed by atoms with E-state index in [0.29, 0.717) is 11.7 Å². The molecule has 0 amide bonds. The van der Waals surface area contributed by atoms with Crippen LogP contribution in [0, 0.1) is 5.41 Å². The van der Waals surface area contributed by atoms with Crippen LogP contribution in [0.4, 0.5) is 16.8 Å². The first kappa shape index (κ1) is 17.5. The van der Waals surface area contributed by atoms with E-state index in [-0.39, 0.29) is 5.96 Å². The Labute approximate surface area is 146 Å². The monoisotopic (exact) mass is 370 g/mol. The molecule has 0 aromatic carbocycles. The molecule has 0 unspecified atom stereocenters. The summed E-state index contributed by atoms with van der Waals surface area (Å²) in [5.74, 6) is 3.18. The fourth-order valence-corrected chi connectivity index (χ4v) is 3.64. The lowest BCUT2D eigenvalue weighted by molar-refractivity contribution is 1.18. The van der Waals surface area contributed by atoms with Crippen molar-refractivity contribution in [3.05, 3.63) is 23.7 Å². The van der Waals surface area contributed by atoms with E-state index in [1.807, 2.05) is 5.38 Å².